The molecule has 4 aromatic rings. The van der Waals surface area contributed by atoms with Gasteiger partial charge in [-0.3, -0.25) is 14.2 Å². The number of H-pyrrole nitrogens is 1. The number of esters is 1. The number of methoxy groups -OCH3 is 2. The summed E-state index contributed by atoms with van der Waals surface area (Å²) in [5, 5.41) is 3.29. The molecule has 4 rings (SSSR count). The Bertz CT molecular complexity index is 1510. The maximum atomic E-state index is 13.0. The number of hydrogen-bond acceptors (Lipinski definition) is 6. The third-order valence-corrected chi connectivity index (χ3v) is 5.89. The van der Waals surface area contributed by atoms with Crippen molar-refractivity contribution in [1.29, 1.82) is 0 Å². The summed E-state index contributed by atoms with van der Waals surface area (Å²) in [6.45, 7) is 0.626. The fourth-order valence-electron chi connectivity index (χ4n) is 3.61. The van der Waals surface area contributed by atoms with Crippen LogP contribution in [0.3, 0.4) is 0 Å². The first-order chi connectivity index (χ1) is 16.9. The van der Waals surface area contributed by atoms with Crippen LogP contribution in [0.25, 0.3) is 10.9 Å². The minimum absolute atomic E-state index is 0.200. The van der Waals surface area contributed by atoms with Crippen LogP contribution in [-0.4, -0.2) is 35.6 Å². The Morgan fingerprint density at radius 3 is 2.26 bits per heavy atom. The first-order valence-electron chi connectivity index (χ1n) is 10.7. The predicted octanol–water partition coefficient (Wildman–Crippen LogP) is 3.83. The normalized spacial score (nSPS) is 10.7. The SMILES string of the molecule is COC(=O)c1ccc2c(=O)n(Cc3ccc(C(=O)NCc4ccc(OC)cc4)cc3)c(=S)[nH]c2c1. The van der Waals surface area contributed by atoms with Crippen LogP contribution in [0.5, 0.6) is 5.75 Å². The van der Waals surface area contributed by atoms with Gasteiger partial charge in [-0.1, -0.05) is 24.3 Å². The molecule has 0 atom stereocenters. The molecule has 9 heteroatoms. The molecule has 1 amide bonds. The summed E-state index contributed by atoms with van der Waals surface area (Å²) in [7, 11) is 2.90. The third-order valence-electron chi connectivity index (χ3n) is 5.57. The molecule has 0 radical (unpaired) electrons. The number of ether oxygens (including phenoxy) is 2. The Hall–Kier alpha value is -4.24. The van der Waals surface area contributed by atoms with Crippen molar-refractivity contribution in [2.24, 2.45) is 0 Å². The molecule has 1 aromatic heterocycles. The number of aromatic nitrogens is 2. The van der Waals surface area contributed by atoms with Crippen molar-refractivity contribution in [1.82, 2.24) is 14.9 Å². The van der Waals surface area contributed by atoms with Gasteiger partial charge in [0.2, 0.25) is 0 Å². The number of nitrogens with zero attached hydrogens (tertiary/aromatic N) is 1. The topological polar surface area (TPSA) is 102 Å². The lowest BCUT2D eigenvalue weighted by Gasteiger charge is -2.10. The predicted molar refractivity (Wildman–Crippen MR) is 134 cm³/mol. The van der Waals surface area contributed by atoms with Crippen LogP contribution in [0.15, 0.2) is 71.5 Å². The molecule has 0 unspecified atom stereocenters. The summed E-state index contributed by atoms with van der Waals surface area (Å²) in [5.41, 5.74) is 2.78. The molecule has 178 valence electrons. The molecule has 0 fully saturated rings. The fourth-order valence-corrected chi connectivity index (χ4v) is 3.87. The van der Waals surface area contributed by atoms with E-state index in [1.807, 2.05) is 24.3 Å². The van der Waals surface area contributed by atoms with Gasteiger partial charge < -0.3 is 19.8 Å². The van der Waals surface area contributed by atoms with Crippen molar-refractivity contribution >= 4 is 35.0 Å². The lowest BCUT2D eigenvalue weighted by atomic mass is 10.1. The summed E-state index contributed by atoms with van der Waals surface area (Å²) in [6, 6.07) is 19.1. The molecule has 8 nitrogen and oxygen atoms in total. The number of aromatic amines is 1. The zero-order valence-corrected chi connectivity index (χ0v) is 20.0. The number of fused-ring (bicyclic) bond motifs is 1. The second-order valence-corrected chi connectivity index (χ2v) is 8.19. The molecule has 0 saturated carbocycles. The Kier molecular flexibility index (Phi) is 7.07. The van der Waals surface area contributed by atoms with E-state index in [0.29, 0.717) is 28.6 Å². The van der Waals surface area contributed by atoms with Crippen molar-refractivity contribution in [3.63, 3.8) is 0 Å². The van der Waals surface area contributed by atoms with E-state index >= 15 is 0 Å². The van der Waals surface area contributed by atoms with E-state index in [1.54, 1.807) is 43.5 Å². The van der Waals surface area contributed by atoms with E-state index in [0.717, 1.165) is 16.9 Å². The molecule has 35 heavy (non-hydrogen) atoms. The minimum atomic E-state index is -0.497. The molecule has 0 bridgehead atoms. The van der Waals surface area contributed by atoms with Crippen molar-refractivity contribution in [3.8, 4) is 5.75 Å². The highest BCUT2D eigenvalue weighted by Crippen LogP contribution is 2.14. The average molecular weight is 490 g/mol. The van der Waals surface area contributed by atoms with E-state index in [1.165, 1.54) is 17.7 Å². The maximum Gasteiger partial charge on any atom is 0.337 e. The summed E-state index contributed by atoms with van der Waals surface area (Å²) < 4.78 is 11.5. The van der Waals surface area contributed by atoms with Crippen molar-refractivity contribution < 1.29 is 19.1 Å². The van der Waals surface area contributed by atoms with Crippen LogP contribution in [0.1, 0.15) is 31.8 Å². The highest BCUT2D eigenvalue weighted by atomic mass is 32.1. The Balaban J connectivity index is 1.48. The fraction of sp³-hybridized carbons (Fsp3) is 0.154. The lowest BCUT2D eigenvalue weighted by Crippen LogP contribution is -2.24. The molecule has 2 N–H and O–H groups in total. The van der Waals surface area contributed by atoms with Crippen molar-refractivity contribution in [2.75, 3.05) is 14.2 Å². The quantitative estimate of drug-likeness (QED) is 0.302. The lowest BCUT2D eigenvalue weighted by molar-refractivity contribution is 0.0600. The molecule has 3 aromatic carbocycles. The van der Waals surface area contributed by atoms with E-state index in [-0.39, 0.29) is 22.8 Å². The first-order valence-corrected chi connectivity index (χ1v) is 11.2. The number of rotatable bonds is 7. The van der Waals surface area contributed by atoms with E-state index < -0.39 is 5.97 Å². The van der Waals surface area contributed by atoms with Gasteiger partial charge in [0.15, 0.2) is 4.77 Å². The number of benzene rings is 3. The average Bonchev–Trinajstić information content (AvgIpc) is 2.89. The monoisotopic (exact) mass is 489 g/mol. The summed E-state index contributed by atoms with van der Waals surface area (Å²) in [6.07, 6.45) is 0. The van der Waals surface area contributed by atoms with Gasteiger partial charge in [-0.15, -0.1) is 0 Å². The zero-order chi connectivity index (χ0) is 24.9. The van der Waals surface area contributed by atoms with Gasteiger partial charge in [-0.05, 0) is 65.8 Å². The second-order valence-electron chi connectivity index (χ2n) is 7.80. The summed E-state index contributed by atoms with van der Waals surface area (Å²) in [5.74, 6) is 0.0597. The maximum absolute atomic E-state index is 13.0. The van der Waals surface area contributed by atoms with Crippen LogP contribution < -0.4 is 15.6 Å². The Morgan fingerprint density at radius 1 is 0.943 bits per heavy atom. The highest BCUT2D eigenvalue weighted by Gasteiger charge is 2.11. The third kappa shape index (κ3) is 5.30. The Labute approximate surface area is 206 Å². The highest BCUT2D eigenvalue weighted by molar-refractivity contribution is 7.71. The van der Waals surface area contributed by atoms with Crippen LogP contribution in [0, 0.1) is 4.77 Å². The van der Waals surface area contributed by atoms with Gasteiger partial charge in [0.25, 0.3) is 11.5 Å². The molecule has 0 saturated heterocycles. The van der Waals surface area contributed by atoms with Crippen LogP contribution in [0.2, 0.25) is 0 Å². The standard InChI is InChI=1S/C26H23N3O5S/c1-33-20-10-5-16(6-11-20)14-27-23(30)18-7-3-17(4-8-18)15-29-24(31)21-12-9-19(25(32)34-2)13-22(21)28-26(29)35/h3-13H,14-15H2,1-2H3,(H,27,30)(H,28,35). The van der Waals surface area contributed by atoms with E-state index in [2.05, 4.69) is 10.3 Å². The smallest absolute Gasteiger partial charge is 0.337 e. The van der Waals surface area contributed by atoms with Gasteiger partial charge in [0.1, 0.15) is 5.75 Å². The molecule has 0 aliphatic rings. The Morgan fingerprint density at radius 2 is 1.60 bits per heavy atom. The molecular weight excluding hydrogens is 466 g/mol. The van der Waals surface area contributed by atoms with Gasteiger partial charge in [-0.2, -0.15) is 0 Å². The van der Waals surface area contributed by atoms with Gasteiger partial charge in [-0.25, -0.2) is 4.79 Å². The number of carbonyl (C=O) groups is 2. The van der Waals surface area contributed by atoms with Gasteiger partial charge in [0, 0.05) is 12.1 Å². The number of amides is 1. The number of hydrogen-bond donors (Lipinski definition) is 2. The molecule has 0 spiro atoms. The van der Waals surface area contributed by atoms with Crippen LogP contribution in [-0.2, 0) is 17.8 Å². The number of nitrogens with one attached hydrogen (secondary N) is 2. The van der Waals surface area contributed by atoms with Crippen LogP contribution >= 0.6 is 12.2 Å². The molecule has 0 aliphatic heterocycles. The molecule has 1 heterocycles. The van der Waals surface area contributed by atoms with Crippen LogP contribution in [0.4, 0.5) is 0 Å². The summed E-state index contributed by atoms with van der Waals surface area (Å²) >= 11 is 5.39. The van der Waals surface area contributed by atoms with Gasteiger partial charge >= 0.3 is 5.97 Å². The zero-order valence-electron chi connectivity index (χ0n) is 19.2. The number of carbonyl (C=O) groups excluding carboxylic acids is 2. The molecule has 0 aliphatic carbocycles. The van der Waals surface area contributed by atoms with E-state index in [9.17, 15) is 14.4 Å². The largest absolute Gasteiger partial charge is 0.497 e. The van der Waals surface area contributed by atoms with Crippen molar-refractivity contribution in [3.05, 3.63) is 104 Å². The van der Waals surface area contributed by atoms with Gasteiger partial charge in [0.05, 0.1) is 37.2 Å². The van der Waals surface area contributed by atoms with E-state index in [4.69, 9.17) is 21.7 Å². The first kappa shape index (κ1) is 23.9. The molecular formula is C26H23N3O5S. The second kappa shape index (κ2) is 10.4. The minimum Gasteiger partial charge on any atom is -0.497 e. The summed E-state index contributed by atoms with van der Waals surface area (Å²) in [4.78, 5) is 40.3. The van der Waals surface area contributed by atoms with Crippen molar-refractivity contribution in [2.45, 2.75) is 13.1 Å².